The van der Waals surface area contributed by atoms with Gasteiger partial charge in [-0.1, -0.05) is 0 Å². The summed E-state index contributed by atoms with van der Waals surface area (Å²) in [4.78, 5) is 12.0. The van der Waals surface area contributed by atoms with Gasteiger partial charge in [0, 0.05) is 20.8 Å². The molecule has 0 unspecified atom stereocenters. The zero-order valence-corrected chi connectivity index (χ0v) is 12.7. The largest absolute Gasteiger partial charge is 0.443 e. The maximum Gasteiger partial charge on any atom is 0.418 e. The van der Waals surface area contributed by atoms with Crippen molar-refractivity contribution in [3.8, 4) is 0 Å². The zero-order valence-electron chi connectivity index (χ0n) is 10.5. The minimum Gasteiger partial charge on any atom is -0.443 e. The number of rotatable bonds is 0. The fourth-order valence-electron chi connectivity index (χ4n) is 1.67. The van der Waals surface area contributed by atoms with Crippen molar-refractivity contribution < 1.29 is 9.53 Å². The van der Waals surface area contributed by atoms with Gasteiger partial charge in [-0.3, -0.25) is 4.57 Å². The molecule has 0 bridgehead atoms. The second kappa shape index (κ2) is 4.46. The average Bonchev–Trinajstić information content (AvgIpc) is 2.65. The molecule has 0 aliphatic rings. The van der Waals surface area contributed by atoms with Gasteiger partial charge in [-0.25, -0.2) is 4.79 Å². The summed E-state index contributed by atoms with van der Waals surface area (Å²) in [6, 6.07) is 5.50. The maximum absolute atomic E-state index is 12.0. The molecule has 0 saturated heterocycles. The second-order valence-electron chi connectivity index (χ2n) is 5.07. The molecule has 96 valence electrons. The number of carbonyl (C=O) groups is 1. The lowest BCUT2D eigenvalue weighted by molar-refractivity contribution is 0.0544. The van der Waals surface area contributed by atoms with Crippen molar-refractivity contribution in [3.63, 3.8) is 0 Å². The molecular formula is C13H15IN2O2. The molecule has 2 N–H and O–H groups in total. The highest BCUT2D eigenvalue weighted by Gasteiger charge is 2.19. The van der Waals surface area contributed by atoms with E-state index in [2.05, 4.69) is 22.6 Å². The van der Waals surface area contributed by atoms with Crippen LogP contribution >= 0.6 is 22.6 Å². The van der Waals surface area contributed by atoms with E-state index in [4.69, 9.17) is 10.5 Å². The second-order valence-corrected chi connectivity index (χ2v) is 6.15. The summed E-state index contributed by atoms with van der Waals surface area (Å²) in [5.41, 5.74) is 6.86. The van der Waals surface area contributed by atoms with Crippen LogP contribution in [0.25, 0.3) is 10.9 Å². The third-order valence-corrected chi connectivity index (χ3v) is 3.63. The molecule has 1 heterocycles. The molecule has 18 heavy (non-hydrogen) atoms. The Bertz CT molecular complexity index is 611. The highest BCUT2D eigenvalue weighted by molar-refractivity contribution is 14.1. The van der Waals surface area contributed by atoms with Gasteiger partial charge in [0.2, 0.25) is 0 Å². The Balaban J connectivity index is 2.48. The van der Waals surface area contributed by atoms with E-state index in [1.165, 1.54) is 4.57 Å². The summed E-state index contributed by atoms with van der Waals surface area (Å²) in [6.07, 6.45) is 1.33. The first kappa shape index (κ1) is 13.2. The molecule has 2 aromatic rings. The van der Waals surface area contributed by atoms with Crippen molar-refractivity contribution in [1.82, 2.24) is 4.57 Å². The minimum atomic E-state index is -0.505. The van der Waals surface area contributed by atoms with Crippen LogP contribution in [0, 0.1) is 3.57 Å². The van der Waals surface area contributed by atoms with E-state index in [1.54, 1.807) is 12.3 Å². The monoisotopic (exact) mass is 358 g/mol. The van der Waals surface area contributed by atoms with Crippen LogP contribution in [0.3, 0.4) is 0 Å². The number of aromatic nitrogens is 1. The van der Waals surface area contributed by atoms with Crippen LogP contribution in [-0.2, 0) is 4.74 Å². The van der Waals surface area contributed by atoms with Gasteiger partial charge < -0.3 is 10.5 Å². The van der Waals surface area contributed by atoms with Gasteiger partial charge in [0.15, 0.2) is 0 Å². The molecule has 0 atom stereocenters. The Kier molecular flexibility index (Phi) is 3.27. The van der Waals surface area contributed by atoms with E-state index >= 15 is 0 Å². The number of nitrogens with zero attached hydrogens (tertiary/aromatic N) is 1. The summed E-state index contributed by atoms with van der Waals surface area (Å²) in [7, 11) is 0. The molecule has 0 radical (unpaired) electrons. The summed E-state index contributed by atoms with van der Waals surface area (Å²) >= 11 is 2.18. The van der Waals surface area contributed by atoms with Gasteiger partial charge in [0.1, 0.15) is 5.60 Å². The fraction of sp³-hybridized carbons (Fsp3) is 0.308. The highest BCUT2D eigenvalue weighted by Crippen LogP contribution is 2.27. The summed E-state index contributed by atoms with van der Waals surface area (Å²) < 4.78 is 7.80. The van der Waals surface area contributed by atoms with E-state index < -0.39 is 5.60 Å². The number of nitrogens with two attached hydrogens (primary N) is 1. The quantitative estimate of drug-likeness (QED) is 0.578. The number of hydrogen-bond acceptors (Lipinski definition) is 3. The smallest absolute Gasteiger partial charge is 0.418 e. The Hall–Kier alpha value is -1.24. The topological polar surface area (TPSA) is 57.2 Å². The van der Waals surface area contributed by atoms with Crippen LogP contribution in [0.1, 0.15) is 20.8 Å². The lowest BCUT2D eigenvalue weighted by Gasteiger charge is -2.19. The van der Waals surface area contributed by atoms with E-state index in [0.717, 1.165) is 14.5 Å². The molecule has 1 aromatic carbocycles. The zero-order chi connectivity index (χ0) is 13.5. The molecule has 4 nitrogen and oxygen atoms in total. The summed E-state index contributed by atoms with van der Waals surface area (Å²) in [5.74, 6) is 0. The van der Waals surface area contributed by atoms with Crippen LogP contribution in [0.15, 0.2) is 24.4 Å². The highest BCUT2D eigenvalue weighted by atomic mass is 127. The van der Waals surface area contributed by atoms with Gasteiger partial charge in [-0.2, -0.15) is 0 Å². The van der Waals surface area contributed by atoms with Crippen molar-refractivity contribution >= 4 is 45.3 Å². The maximum atomic E-state index is 12.0. The Morgan fingerprint density at radius 3 is 2.61 bits per heavy atom. The lowest BCUT2D eigenvalue weighted by Crippen LogP contribution is -2.26. The summed E-state index contributed by atoms with van der Waals surface area (Å²) in [6.45, 7) is 5.54. The van der Waals surface area contributed by atoms with Crippen molar-refractivity contribution in [1.29, 1.82) is 0 Å². The third kappa shape index (κ3) is 2.45. The predicted molar refractivity (Wildman–Crippen MR) is 80.7 cm³/mol. The lowest BCUT2D eigenvalue weighted by atomic mass is 10.2. The van der Waals surface area contributed by atoms with Gasteiger partial charge >= 0.3 is 6.09 Å². The Morgan fingerprint density at radius 1 is 1.33 bits per heavy atom. The number of hydrogen-bond donors (Lipinski definition) is 1. The van der Waals surface area contributed by atoms with Gasteiger partial charge in [-0.05, 0) is 61.6 Å². The van der Waals surface area contributed by atoms with E-state index in [1.807, 2.05) is 32.9 Å². The van der Waals surface area contributed by atoms with Crippen molar-refractivity contribution in [2.75, 3.05) is 5.73 Å². The van der Waals surface area contributed by atoms with Crippen LogP contribution in [0.4, 0.5) is 10.5 Å². The number of halogens is 1. The Labute approximate surface area is 119 Å². The van der Waals surface area contributed by atoms with E-state index in [9.17, 15) is 4.79 Å². The molecule has 0 fully saturated rings. The van der Waals surface area contributed by atoms with Crippen LogP contribution < -0.4 is 5.73 Å². The number of ether oxygens (including phenoxy) is 1. The minimum absolute atomic E-state index is 0.377. The molecule has 2 rings (SSSR count). The van der Waals surface area contributed by atoms with Gasteiger partial charge in [0.05, 0.1) is 5.52 Å². The van der Waals surface area contributed by atoms with Crippen LogP contribution in [-0.4, -0.2) is 16.3 Å². The Morgan fingerprint density at radius 2 is 2.00 bits per heavy atom. The molecule has 0 spiro atoms. The number of anilines is 1. The average molecular weight is 358 g/mol. The molecule has 5 heteroatoms. The number of fused-ring (bicyclic) bond motifs is 1. The molecule has 1 aromatic heterocycles. The van der Waals surface area contributed by atoms with E-state index in [-0.39, 0.29) is 6.09 Å². The molecule has 0 saturated carbocycles. The van der Waals surface area contributed by atoms with Crippen molar-refractivity contribution in [3.05, 3.63) is 28.0 Å². The van der Waals surface area contributed by atoms with Crippen LogP contribution in [0.2, 0.25) is 0 Å². The molecule has 0 amide bonds. The summed E-state index contributed by atoms with van der Waals surface area (Å²) in [5, 5.41) is 0.960. The molecule has 0 aliphatic carbocycles. The first-order chi connectivity index (χ1) is 8.29. The predicted octanol–water partition coefficient (Wildman–Crippen LogP) is 3.61. The number of benzene rings is 1. The van der Waals surface area contributed by atoms with E-state index in [0.29, 0.717) is 5.69 Å². The van der Waals surface area contributed by atoms with Crippen LogP contribution in [0.5, 0.6) is 0 Å². The first-order valence-electron chi connectivity index (χ1n) is 5.58. The normalized spacial score (nSPS) is 11.8. The SMILES string of the molecule is CC(C)(C)OC(=O)n1ccc2c(I)c(N)ccc21. The number of carbonyl (C=O) groups excluding carboxylic acids is 1. The number of nitrogen functional groups attached to an aromatic ring is 1. The van der Waals surface area contributed by atoms with Crippen molar-refractivity contribution in [2.24, 2.45) is 0 Å². The van der Waals surface area contributed by atoms with Gasteiger partial charge in [0.25, 0.3) is 0 Å². The molecule has 0 aliphatic heterocycles. The fourth-order valence-corrected chi connectivity index (χ4v) is 2.30. The third-order valence-electron chi connectivity index (χ3n) is 2.43. The standard InChI is InChI=1S/C13H15IN2O2/c1-13(2,3)18-12(17)16-7-6-8-10(16)5-4-9(15)11(8)14/h4-7H,15H2,1-3H3. The van der Waals surface area contributed by atoms with Gasteiger partial charge in [-0.15, -0.1) is 0 Å². The van der Waals surface area contributed by atoms with Crippen molar-refractivity contribution in [2.45, 2.75) is 26.4 Å². The molecular weight excluding hydrogens is 343 g/mol. The first-order valence-corrected chi connectivity index (χ1v) is 6.66.